The number of aliphatic carboxylic acids is 1. The highest BCUT2D eigenvalue weighted by molar-refractivity contribution is 6.01. The molecule has 2 aliphatic heterocycles. The highest BCUT2D eigenvalue weighted by atomic mass is 16.5. The molecule has 9 heteroatoms. The monoisotopic (exact) mass is 537 g/mol. The van der Waals surface area contributed by atoms with E-state index < -0.39 is 11.6 Å². The molecular weight excluding hydrogens is 502 g/mol. The van der Waals surface area contributed by atoms with Gasteiger partial charge in [0.2, 0.25) is 0 Å². The van der Waals surface area contributed by atoms with Crippen LogP contribution in [0.1, 0.15) is 93.9 Å². The number of nitrogens with zero attached hydrogens (tertiary/aromatic N) is 1. The molecule has 0 fully saturated rings. The Labute approximate surface area is 228 Å². The molecule has 208 valence electrons. The van der Waals surface area contributed by atoms with E-state index in [0.717, 1.165) is 32.6 Å². The standard InChI is InChI=1S/C14H15NO2.C14H16O4.C2H4O2/c1-4-14(5-2)9-12(16)11-8-10(15-3)6-7-13(11)17-14;1-3-14(4-2)8-12(16)11-7-10(17-9-15)5-6-13(11)18-14;1-2(3)4/h6-8H,4-5,9H2,1-2H3;5-7,9H,3-4,8H2,1-2H3;1H3,(H,3,4). The molecule has 0 saturated carbocycles. The van der Waals surface area contributed by atoms with E-state index in [2.05, 4.69) is 4.85 Å². The Hall–Kier alpha value is -4.19. The number of benzene rings is 2. The minimum absolute atomic E-state index is 0.0382. The van der Waals surface area contributed by atoms with Crippen molar-refractivity contribution in [1.82, 2.24) is 0 Å². The minimum atomic E-state index is -0.833. The Kier molecular flexibility index (Phi) is 10.8. The molecule has 0 saturated heterocycles. The fraction of sp³-hybridized carbons (Fsp3) is 0.433. The lowest BCUT2D eigenvalue weighted by Crippen LogP contribution is -2.40. The van der Waals surface area contributed by atoms with Crippen molar-refractivity contribution in [2.24, 2.45) is 0 Å². The van der Waals surface area contributed by atoms with Crippen LogP contribution in [-0.2, 0) is 9.59 Å². The van der Waals surface area contributed by atoms with Gasteiger partial charge in [0, 0.05) is 12.5 Å². The lowest BCUT2D eigenvalue weighted by Gasteiger charge is -2.36. The van der Waals surface area contributed by atoms with E-state index in [0.29, 0.717) is 53.4 Å². The largest absolute Gasteiger partial charge is 0.486 e. The van der Waals surface area contributed by atoms with Gasteiger partial charge in [0.25, 0.3) is 12.4 Å². The summed E-state index contributed by atoms with van der Waals surface area (Å²) in [6.07, 6.45) is 4.01. The summed E-state index contributed by atoms with van der Waals surface area (Å²) >= 11 is 0. The molecule has 1 N–H and O–H groups in total. The fourth-order valence-electron chi connectivity index (χ4n) is 4.44. The van der Waals surface area contributed by atoms with Crippen molar-refractivity contribution in [3.63, 3.8) is 0 Å². The topological polar surface area (TPSA) is 121 Å². The number of carboxylic acids is 1. The normalized spacial score (nSPS) is 15.7. The van der Waals surface area contributed by atoms with E-state index in [9.17, 15) is 14.4 Å². The van der Waals surface area contributed by atoms with Gasteiger partial charge in [0.1, 0.15) is 28.5 Å². The Bertz CT molecular complexity index is 1250. The first-order valence-electron chi connectivity index (χ1n) is 12.9. The number of Topliss-reactive ketones (excluding diaryl/α,β-unsaturated/α-hetero) is 2. The van der Waals surface area contributed by atoms with E-state index in [-0.39, 0.29) is 17.2 Å². The Balaban J connectivity index is 0.000000241. The lowest BCUT2D eigenvalue weighted by atomic mass is 9.86. The van der Waals surface area contributed by atoms with Gasteiger partial charge in [-0.05, 0) is 56.0 Å². The summed E-state index contributed by atoms with van der Waals surface area (Å²) in [5, 5.41) is 7.42. The number of ketones is 2. The zero-order valence-electron chi connectivity index (χ0n) is 23.0. The zero-order chi connectivity index (χ0) is 29.2. The maximum atomic E-state index is 12.2. The number of hydrogen-bond donors (Lipinski definition) is 1. The third-order valence-electron chi connectivity index (χ3n) is 7.02. The molecule has 2 aliphatic rings. The van der Waals surface area contributed by atoms with Crippen molar-refractivity contribution in [2.75, 3.05) is 0 Å². The lowest BCUT2D eigenvalue weighted by molar-refractivity contribution is -0.134. The highest BCUT2D eigenvalue weighted by Crippen LogP contribution is 2.39. The van der Waals surface area contributed by atoms with Crippen LogP contribution in [0.15, 0.2) is 36.4 Å². The molecule has 0 bridgehead atoms. The summed E-state index contributed by atoms with van der Waals surface area (Å²) in [6, 6.07) is 9.93. The molecule has 4 rings (SSSR count). The highest BCUT2D eigenvalue weighted by Gasteiger charge is 2.38. The second kappa shape index (κ2) is 13.6. The predicted octanol–water partition coefficient (Wildman–Crippen LogP) is 6.60. The molecular formula is C30H35NO8. The van der Waals surface area contributed by atoms with Gasteiger partial charge >= 0.3 is 0 Å². The van der Waals surface area contributed by atoms with Gasteiger partial charge < -0.3 is 19.3 Å². The van der Waals surface area contributed by atoms with E-state index in [1.54, 1.807) is 36.4 Å². The summed E-state index contributed by atoms with van der Waals surface area (Å²) in [5.41, 5.74) is 0.782. The number of carboxylic acid groups (broad SMARTS) is 1. The number of fused-ring (bicyclic) bond motifs is 2. The van der Waals surface area contributed by atoms with Crippen molar-refractivity contribution >= 4 is 29.7 Å². The SMILES string of the molecule is CC(=O)O.CCC1(CC)CC(=O)c2cc(OC=O)ccc2O1.[C-]#[N+]c1ccc2c(c1)C(=O)CC(CC)(CC)O2. The van der Waals surface area contributed by atoms with Gasteiger partial charge in [-0.15, -0.1) is 0 Å². The van der Waals surface area contributed by atoms with Crippen LogP contribution in [-0.4, -0.2) is 40.3 Å². The molecule has 0 atom stereocenters. The predicted molar refractivity (Wildman–Crippen MR) is 145 cm³/mol. The summed E-state index contributed by atoms with van der Waals surface area (Å²) in [5.74, 6) is 0.850. The van der Waals surface area contributed by atoms with Crippen LogP contribution >= 0.6 is 0 Å². The van der Waals surface area contributed by atoms with Crippen LogP contribution in [0.4, 0.5) is 5.69 Å². The molecule has 0 radical (unpaired) electrons. The Morgan fingerprint density at radius 2 is 1.36 bits per heavy atom. The van der Waals surface area contributed by atoms with Crippen molar-refractivity contribution in [2.45, 2.75) is 84.3 Å². The quantitative estimate of drug-likeness (QED) is 0.323. The van der Waals surface area contributed by atoms with E-state index in [1.165, 1.54) is 0 Å². The van der Waals surface area contributed by atoms with Gasteiger partial charge in [-0.1, -0.05) is 33.8 Å². The summed E-state index contributed by atoms with van der Waals surface area (Å²) in [7, 11) is 0. The fourth-order valence-corrected chi connectivity index (χ4v) is 4.44. The summed E-state index contributed by atoms with van der Waals surface area (Å²) < 4.78 is 16.7. The Morgan fingerprint density at radius 3 is 1.77 bits per heavy atom. The molecule has 39 heavy (non-hydrogen) atoms. The minimum Gasteiger partial charge on any atom is -0.486 e. The number of rotatable bonds is 6. The van der Waals surface area contributed by atoms with Crippen molar-refractivity contribution in [3.05, 3.63) is 58.9 Å². The molecule has 0 aromatic heterocycles. The van der Waals surface area contributed by atoms with Crippen LogP contribution < -0.4 is 14.2 Å². The zero-order valence-corrected chi connectivity index (χ0v) is 23.0. The van der Waals surface area contributed by atoms with Crippen LogP contribution in [0.3, 0.4) is 0 Å². The van der Waals surface area contributed by atoms with Crippen LogP contribution in [0.25, 0.3) is 4.85 Å². The molecule has 2 aromatic carbocycles. The molecule has 0 unspecified atom stereocenters. The van der Waals surface area contributed by atoms with Crippen molar-refractivity contribution < 1.29 is 38.5 Å². The van der Waals surface area contributed by atoms with Crippen molar-refractivity contribution in [3.8, 4) is 17.2 Å². The van der Waals surface area contributed by atoms with E-state index in [1.807, 2.05) is 27.7 Å². The molecule has 0 amide bonds. The summed E-state index contributed by atoms with van der Waals surface area (Å²) in [6.45, 7) is 16.5. The first kappa shape index (κ1) is 31.0. The number of hydrogen-bond acceptors (Lipinski definition) is 7. The number of carbonyl (C=O) groups is 4. The smallest absolute Gasteiger partial charge is 0.300 e. The van der Waals surface area contributed by atoms with Gasteiger partial charge in [0.05, 0.1) is 25.0 Å². The third kappa shape index (κ3) is 7.66. The molecule has 0 spiro atoms. The number of ether oxygens (including phenoxy) is 3. The Morgan fingerprint density at radius 1 is 0.923 bits per heavy atom. The maximum Gasteiger partial charge on any atom is 0.300 e. The van der Waals surface area contributed by atoms with Crippen LogP contribution in [0.2, 0.25) is 0 Å². The van der Waals surface area contributed by atoms with Gasteiger partial charge in [0.15, 0.2) is 17.3 Å². The van der Waals surface area contributed by atoms with Gasteiger partial charge in [-0.2, -0.15) is 0 Å². The molecule has 2 aromatic rings. The third-order valence-corrected chi connectivity index (χ3v) is 7.02. The maximum absolute atomic E-state index is 12.2. The average Bonchev–Trinajstić information content (AvgIpc) is 2.93. The first-order chi connectivity index (χ1) is 18.5. The molecule has 0 aliphatic carbocycles. The average molecular weight is 538 g/mol. The van der Waals surface area contributed by atoms with Gasteiger partial charge in [-0.3, -0.25) is 19.2 Å². The second-order valence-electron chi connectivity index (χ2n) is 9.37. The summed E-state index contributed by atoms with van der Waals surface area (Å²) in [4.78, 5) is 46.9. The van der Waals surface area contributed by atoms with Crippen LogP contribution in [0, 0.1) is 6.57 Å². The second-order valence-corrected chi connectivity index (χ2v) is 9.37. The van der Waals surface area contributed by atoms with E-state index >= 15 is 0 Å². The van der Waals surface area contributed by atoms with Crippen LogP contribution in [0.5, 0.6) is 17.2 Å². The molecule has 2 heterocycles. The molecule has 9 nitrogen and oxygen atoms in total. The van der Waals surface area contributed by atoms with Crippen molar-refractivity contribution in [1.29, 1.82) is 0 Å². The number of carbonyl (C=O) groups excluding carboxylic acids is 3. The first-order valence-corrected chi connectivity index (χ1v) is 12.9. The van der Waals surface area contributed by atoms with Gasteiger partial charge in [-0.25, -0.2) is 4.85 Å². The van der Waals surface area contributed by atoms with E-state index in [4.69, 9.17) is 30.7 Å².